The summed E-state index contributed by atoms with van der Waals surface area (Å²) in [5.74, 6) is 0.0893. The number of aliphatic hydroxyl groups is 1. The zero-order valence-corrected chi connectivity index (χ0v) is 26.4. The molecule has 0 spiro atoms. The van der Waals surface area contributed by atoms with Crippen molar-refractivity contribution in [1.29, 1.82) is 0 Å². The van der Waals surface area contributed by atoms with Crippen LogP contribution in [0.5, 0.6) is 5.75 Å². The first-order valence-electron chi connectivity index (χ1n) is 14.7. The van der Waals surface area contributed by atoms with Gasteiger partial charge >= 0.3 is 0 Å². The molecule has 12 heteroatoms. The summed E-state index contributed by atoms with van der Waals surface area (Å²) in [6, 6.07) is 27.9. The quantitative estimate of drug-likeness (QED) is 0.0448. The highest BCUT2D eigenvalue weighted by atomic mass is 79.9. The van der Waals surface area contributed by atoms with Gasteiger partial charge in [0.15, 0.2) is 11.6 Å². The number of hydrogen-bond donors (Lipinski definition) is 3. The predicted octanol–water partition coefficient (Wildman–Crippen LogP) is 6.65. The highest BCUT2D eigenvalue weighted by Gasteiger charge is 2.54. The highest BCUT2D eigenvalue weighted by Crippen LogP contribution is 2.45. The Morgan fingerprint density at radius 1 is 1.04 bits per heavy atom. The molecule has 0 aliphatic carbocycles. The number of aliphatic imine (C=N–C) groups is 1. The molecular formula is C34H32BrFN6O4. The molecule has 0 fully saturated rings. The lowest BCUT2D eigenvalue weighted by Crippen LogP contribution is -2.54. The minimum absolute atomic E-state index is 0.0328. The second-order valence-corrected chi connectivity index (χ2v) is 11.5. The Hall–Kier alpha value is -4.74. The number of carbonyl (C=O) groups is 1. The van der Waals surface area contributed by atoms with E-state index >= 15 is 0 Å². The van der Waals surface area contributed by atoms with Crippen molar-refractivity contribution in [1.82, 2.24) is 10.9 Å². The first-order chi connectivity index (χ1) is 22.4. The number of ether oxygens (including phenoxy) is 2. The number of nitrogens with zero attached hydrogens (tertiary/aromatic N) is 4. The number of benzene rings is 4. The average Bonchev–Trinajstić information content (AvgIpc) is 3.46. The molecule has 1 aliphatic rings. The van der Waals surface area contributed by atoms with E-state index in [1.807, 2.05) is 24.3 Å². The molecule has 4 aromatic carbocycles. The SMILES string of the molecule is [N-]=[N+]=Nc1ccccc1[C@@H]1OC(c2ccc(OCCCO)cc2)=N[C@]1(Cc1ccc(Br)cc1)C(=O)NNCCc1ccc(F)cc1. The van der Waals surface area contributed by atoms with E-state index in [1.54, 1.807) is 60.7 Å². The van der Waals surface area contributed by atoms with Gasteiger partial charge in [-0.1, -0.05) is 69.6 Å². The fourth-order valence-electron chi connectivity index (χ4n) is 5.13. The molecule has 0 bridgehead atoms. The van der Waals surface area contributed by atoms with Gasteiger partial charge in [0.2, 0.25) is 5.90 Å². The van der Waals surface area contributed by atoms with Gasteiger partial charge < -0.3 is 14.6 Å². The van der Waals surface area contributed by atoms with Gasteiger partial charge in [-0.3, -0.25) is 10.2 Å². The molecule has 0 aromatic heterocycles. The Morgan fingerprint density at radius 3 is 2.48 bits per heavy atom. The molecule has 0 unspecified atom stereocenters. The normalized spacial score (nSPS) is 17.0. The maximum atomic E-state index is 14.4. The molecule has 3 N–H and O–H groups in total. The van der Waals surface area contributed by atoms with Crippen LogP contribution in [0.4, 0.5) is 10.1 Å². The van der Waals surface area contributed by atoms with Gasteiger partial charge in [0.05, 0.1) is 6.61 Å². The second-order valence-electron chi connectivity index (χ2n) is 10.6. The molecule has 10 nitrogen and oxygen atoms in total. The lowest BCUT2D eigenvalue weighted by molar-refractivity contribution is -0.130. The number of azide groups is 1. The van der Waals surface area contributed by atoms with E-state index in [1.165, 1.54) is 12.1 Å². The molecular weight excluding hydrogens is 655 g/mol. The van der Waals surface area contributed by atoms with Crippen LogP contribution < -0.4 is 15.6 Å². The van der Waals surface area contributed by atoms with Crippen LogP contribution in [0.2, 0.25) is 0 Å². The summed E-state index contributed by atoms with van der Waals surface area (Å²) in [6.45, 7) is 0.780. The van der Waals surface area contributed by atoms with Crippen LogP contribution >= 0.6 is 15.9 Å². The third-order valence-electron chi connectivity index (χ3n) is 7.44. The van der Waals surface area contributed by atoms with Crippen molar-refractivity contribution in [3.8, 4) is 5.75 Å². The number of amides is 1. The van der Waals surface area contributed by atoms with Crippen molar-refractivity contribution in [3.05, 3.63) is 140 Å². The molecule has 1 heterocycles. The first-order valence-corrected chi connectivity index (χ1v) is 15.5. The molecule has 4 aromatic rings. The number of halogens is 2. The van der Waals surface area contributed by atoms with Crippen molar-refractivity contribution in [2.45, 2.75) is 30.9 Å². The zero-order valence-electron chi connectivity index (χ0n) is 24.8. The predicted molar refractivity (Wildman–Crippen MR) is 176 cm³/mol. The number of hydrazine groups is 1. The Morgan fingerprint density at radius 2 is 1.76 bits per heavy atom. The summed E-state index contributed by atoms with van der Waals surface area (Å²) in [7, 11) is 0. The second kappa shape index (κ2) is 15.5. The van der Waals surface area contributed by atoms with Gasteiger partial charge in [-0.05, 0) is 71.6 Å². The molecule has 0 saturated carbocycles. The number of hydrogen-bond acceptors (Lipinski definition) is 7. The van der Waals surface area contributed by atoms with E-state index < -0.39 is 17.6 Å². The maximum absolute atomic E-state index is 14.4. The summed E-state index contributed by atoms with van der Waals surface area (Å²) < 4.78 is 26.4. The third kappa shape index (κ3) is 7.91. The molecule has 236 valence electrons. The van der Waals surface area contributed by atoms with E-state index in [9.17, 15) is 14.7 Å². The molecule has 1 amide bonds. The largest absolute Gasteiger partial charge is 0.494 e. The fraction of sp³-hybridized carbons (Fsp3) is 0.235. The van der Waals surface area contributed by atoms with Crippen LogP contribution in [-0.4, -0.2) is 42.2 Å². The Labute approximate surface area is 274 Å². The van der Waals surface area contributed by atoms with Gasteiger partial charge in [-0.25, -0.2) is 14.8 Å². The van der Waals surface area contributed by atoms with Crippen LogP contribution in [0.25, 0.3) is 10.4 Å². The number of aliphatic hydroxyl groups excluding tert-OH is 1. The molecule has 5 rings (SSSR count). The number of rotatable bonds is 14. The van der Waals surface area contributed by atoms with Gasteiger partial charge in [-0.15, -0.1) is 0 Å². The summed E-state index contributed by atoms with van der Waals surface area (Å²) in [6.07, 6.45) is 0.246. The van der Waals surface area contributed by atoms with E-state index in [4.69, 9.17) is 19.6 Å². The van der Waals surface area contributed by atoms with Crippen molar-refractivity contribution in [3.63, 3.8) is 0 Å². The zero-order chi connectivity index (χ0) is 32.4. The number of carbonyl (C=O) groups excluding carboxylic acids is 1. The van der Waals surface area contributed by atoms with Crippen LogP contribution in [0.3, 0.4) is 0 Å². The lowest BCUT2D eigenvalue weighted by Gasteiger charge is -2.31. The van der Waals surface area contributed by atoms with Gasteiger partial charge in [0.1, 0.15) is 11.6 Å². The van der Waals surface area contributed by atoms with E-state index in [0.29, 0.717) is 48.6 Å². The summed E-state index contributed by atoms with van der Waals surface area (Å²) in [5, 5.41) is 12.9. The van der Waals surface area contributed by atoms with Crippen LogP contribution in [0.15, 0.2) is 112 Å². The van der Waals surface area contributed by atoms with Crippen LogP contribution in [-0.2, 0) is 22.4 Å². The fourth-order valence-corrected chi connectivity index (χ4v) is 5.39. The van der Waals surface area contributed by atoms with E-state index in [2.05, 4.69) is 36.8 Å². The Kier molecular flexibility index (Phi) is 11.0. The number of nitrogens with one attached hydrogen (secondary N) is 2. The average molecular weight is 688 g/mol. The standard InChI is InChI=1S/C34H32BrFN6O4/c35-26-12-6-24(7-13-26)22-34(33(44)41-38-19-18-23-8-14-27(36)15-9-23)31(29-4-1-2-5-30(29)40-42-37)46-32(39-34)25-10-16-28(17-11-25)45-21-3-20-43/h1-2,4-17,31,38,43H,3,18-22H2,(H,41,44)/t31-,34-/m0/s1. The van der Waals surface area contributed by atoms with E-state index in [0.717, 1.165) is 15.6 Å². The van der Waals surface area contributed by atoms with Crippen molar-refractivity contribution < 1.29 is 23.8 Å². The molecule has 0 radical (unpaired) electrons. The Balaban J connectivity index is 1.51. The van der Waals surface area contributed by atoms with Gasteiger partial charge in [0, 0.05) is 52.2 Å². The Bertz CT molecular complexity index is 1710. The summed E-state index contributed by atoms with van der Waals surface area (Å²) in [4.78, 5) is 22.4. The minimum Gasteiger partial charge on any atom is -0.494 e. The molecule has 46 heavy (non-hydrogen) atoms. The van der Waals surface area contributed by atoms with E-state index in [-0.39, 0.29) is 24.7 Å². The summed E-state index contributed by atoms with van der Waals surface area (Å²) in [5.41, 5.74) is 16.8. The minimum atomic E-state index is -1.52. The van der Waals surface area contributed by atoms with Crippen molar-refractivity contribution in [2.75, 3.05) is 19.8 Å². The maximum Gasteiger partial charge on any atom is 0.266 e. The smallest absolute Gasteiger partial charge is 0.266 e. The van der Waals surface area contributed by atoms with Crippen molar-refractivity contribution in [2.24, 2.45) is 10.1 Å². The first kappa shape index (κ1) is 32.6. The molecule has 1 aliphatic heterocycles. The summed E-state index contributed by atoms with van der Waals surface area (Å²) >= 11 is 3.48. The van der Waals surface area contributed by atoms with Gasteiger partial charge in [-0.2, -0.15) is 0 Å². The topological polar surface area (TPSA) is 141 Å². The van der Waals surface area contributed by atoms with Crippen LogP contribution in [0, 0.1) is 5.82 Å². The van der Waals surface area contributed by atoms with Gasteiger partial charge in [0.25, 0.3) is 5.91 Å². The highest BCUT2D eigenvalue weighted by molar-refractivity contribution is 9.10. The van der Waals surface area contributed by atoms with Crippen molar-refractivity contribution >= 4 is 33.4 Å². The lowest BCUT2D eigenvalue weighted by atomic mass is 9.81. The molecule has 0 saturated heterocycles. The monoisotopic (exact) mass is 686 g/mol. The molecule has 2 atom stereocenters. The van der Waals surface area contributed by atoms with Crippen LogP contribution in [0.1, 0.15) is 34.8 Å². The third-order valence-corrected chi connectivity index (χ3v) is 7.97.